The van der Waals surface area contributed by atoms with Crippen LogP contribution in [0, 0.1) is 26.7 Å². The average molecular weight is 299 g/mol. The van der Waals surface area contributed by atoms with Crippen molar-refractivity contribution in [1.29, 1.82) is 0 Å². The maximum absolute atomic E-state index is 12.7. The van der Waals surface area contributed by atoms with Crippen LogP contribution in [0.4, 0.5) is 0 Å². The van der Waals surface area contributed by atoms with Crippen molar-refractivity contribution in [2.75, 3.05) is 0 Å². The van der Waals surface area contributed by atoms with Crippen LogP contribution in [-0.2, 0) is 6.54 Å². The Kier molecular flexibility index (Phi) is 4.81. The second kappa shape index (κ2) is 6.44. The van der Waals surface area contributed by atoms with Gasteiger partial charge in [0.15, 0.2) is 0 Å². The van der Waals surface area contributed by atoms with Gasteiger partial charge in [-0.3, -0.25) is 4.79 Å². The van der Waals surface area contributed by atoms with E-state index in [2.05, 4.69) is 31.1 Å². The van der Waals surface area contributed by atoms with Crippen molar-refractivity contribution in [3.63, 3.8) is 0 Å². The van der Waals surface area contributed by atoms with Gasteiger partial charge in [-0.05, 0) is 43.9 Å². The Hall–Kier alpha value is -1.94. The minimum absolute atomic E-state index is 0.0901. The SMILES string of the molecule is Cc1ccc(C)c(C(N)c2cc(C)nn(CC(C)C)c2=O)c1. The molecule has 0 saturated carbocycles. The standard InChI is InChI=1S/C18H25N3O/c1-11(2)10-21-18(22)16(9-14(5)20-21)17(19)15-8-12(3)6-7-13(15)4/h6-9,11,17H,10,19H2,1-5H3. The fraction of sp³-hybridized carbons (Fsp3) is 0.444. The molecule has 1 aromatic carbocycles. The molecule has 0 amide bonds. The molecule has 0 fully saturated rings. The topological polar surface area (TPSA) is 60.9 Å². The van der Waals surface area contributed by atoms with Gasteiger partial charge in [0.1, 0.15) is 0 Å². The quantitative estimate of drug-likeness (QED) is 0.944. The van der Waals surface area contributed by atoms with Crippen molar-refractivity contribution < 1.29 is 0 Å². The number of rotatable bonds is 4. The van der Waals surface area contributed by atoms with Crippen molar-refractivity contribution in [3.05, 3.63) is 62.6 Å². The number of nitrogens with zero attached hydrogens (tertiary/aromatic N) is 2. The molecule has 0 bridgehead atoms. The molecule has 1 aromatic heterocycles. The van der Waals surface area contributed by atoms with E-state index in [0.29, 0.717) is 18.0 Å². The lowest BCUT2D eigenvalue weighted by Crippen LogP contribution is -2.32. The van der Waals surface area contributed by atoms with E-state index >= 15 is 0 Å². The molecule has 0 saturated heterocycles. The second-order valence-corrected chi connectivity index (χ2v) is 6.46. The van der Waals surface area contributed by atoms with Gasteiger partial charge in [-0.1, -0.05) is 37.6 Å². The minimum Gasteiger partial charge on any atom is -0.320 e. The van der Waals surface area contributed by atoms with Crippen LogP contribution in [0.1, 0.15) is 47.8 Å². The number of aryl methyl sites for hydroxylation is 3. The largest absolute Gasteiger partial charge is 0.320 e. The molecule has 2 N–H and O–H groups in total. The Bertz CT molecular complexity index is 732. The molecule has 1 unspecified atom stereocenters. The molecular formula is C18H25N3O. The molecule has 4 nitrogen and oxygen atoms in total. The molecule has 2 aromatic rings. The predicted octanol–water partition coefficient (Wildman–Crippen LogP) is 2.87. The molecule has 0 aliphatic rings. The molecule has 118 valence electrons. The van der Waals surface area contributed by atoms with Gasteiger partial charge in [0.25, 0.3) is 5.56 Å². The molecule has 4 heteroatoms. The van der Waals surface area contributed by atoms with E-state index in [4.69, 9.17) is 5.73 Å². The number of benzene rings is 1. The van der Waals surface area contributed by atoms with Crippen molar-refractivity contribution >= 4 is 0 Å². The first kappa shape index (κ1) is 16.4. The maximum Gasteiger partial charge on any atom is 0.271 e. The van der Waals surface area contributed by atoms with E-state index in [1.165, 1.54) is 0 Å². The van der Waals surface area contributed by atoms with Crippen LogP contribution < -0.4 is 11.3 Å². The zero-order chi connectivity index (χ0) is 16.4. The van der Waals surface area contributed by atoms with Gasteiger partial charge in [-0.25, -0.2) is 4.68 Å². The smallest absolute Gasteiger partial charge is 0.271 e. The van der Waals surface area contributed by atoms with Crippen LogP contribution in [0.25, 0.3) is 0 Å². The summed E-state index contributed by atoms with van der Waals surface area (Å²) in [6, 6.07) is 7.55. The van der Waals surface area contributed by atoms with E-state index in [-0.39, 0.29) is 5.56 Å². The summed E-state index contributed by atoms with van der Waals surface area (Å²) in [5.74, 6) is 0.358. The van der Waals surface area contributed by atoms with E-state index in [0.717, 1.165) is 22.4 Å². The first-order valence-electron chi connectivity index (χ1n) is 7.71. The minimum atomic E-state index is -0.424. The van der Waals surface area contributed by atoms with Crippen LogP contribution in [0.2, 0.25) is 0 Å². The van der Waals surface area contributed by atoms with Crippen LogP contribution >= 0.6 is 0 Å². The lowest BCUT2D eigenvalue weighted by molar-refractivity contribution is 0.456. The summed E-state index contributed by atoms with van der Waals surface area (Å²) in [5.41, 5.74) is 11.0. The van der Waals surface area contributed by atoms with Crippen molar-refractivity contribution in [2.45, 2.75) is 47.2 Å². The zero-order valence-corrected chi connectivity index (χ0v) is 14.1. The third kappa shape index (κ3) is 3.45. The van der Waals surface area contributed by atoms with E-state index < -0.39 is 6.04 Å². The number of hydrogen-bond acceptors (Lipinski definition) is 3. The highest BCUT2D eigenvalue weighted by Crippen LogP contribution is 2.22. The highest BCUT2D eigenvalue weighted by atomic mass is 16.1. The maximum atomic E-state index is 12.7. The average Bonchev–Trinajstić information content (AvgIpc) is 2.43. The van der Waals surface area contributed by atoms with Gasteiger partial charge in [0.05, 0.1) is 11.7 Å². The summed E-state index contributed by atoms with van der Waals surface area (Å²) in [5, 5.41) is 4.34. The van der Waals surface area contributed by atoms with Crippen molar-refractivity contribution in [3.8, 4) is 0 Å². The Morgan fingerprint density at radius 3 is 2.45 bits per heavy atom. The summed E-state index contributed by atoms with van der Waals surface area (Å²) < 4.78 is 1.54. The van der Waals surface area contributed by atoms with E-state index in [9.17, 15) is 4.79 Å². The summed E-state index contributed by atoms with van der Waals surface area (Å²) in [6.07, 6.45) is 0. The molecule has 2 rings (SSSR count). The highest BCUT2D eigenvalue weighted by molar-refractivity contribution is 5.38. The first-order valence-corrected chi connectivity index (χ1v) is 7.71. The number of nitrogens with two attached hydrogens (primary N) is 1. The first-order chi connectivity index (χ1) is 10.3. The lowest BCUT2D eigenvalue weighted by atomic mass is 9.95. The van der Waals surface area contributed by atoms with E-state index in [1.54, 1.807) is 4.68 Å². The molecule has 0 aliphatic heterocycles. The monoisotopic (exact) mass is 299 g/mol. The van der Waals surface area contributed by atoms with Crippen LogP contribution in [-0.4, -0.2) is 9.78 Å². The van der Waals surface area contributed by atoms with Gasteiger partial charge in [0.2, 0.25) is 0 Å². The van der Waals surface area contributed by atoms with Gasteiger partial charge in [-0.2, -0.15) is 5.10 Å². The van der Waals surface area contributed by atoms with E-state index in [1.807, 2.05) is 32.9 Å². The lowest BCUT2D eigenvalue weighted by Gasteiger charge is -2.18. The highest BCUT2D eigenvalue weighted by Gasteiger charge is 2.18. The van der Waals surface area contributed by atoms with Crippen molar-refractivity contribution in [1.82, 2.24) is 9.78 Å². The van der Waals surface area contributed by atoms with Gasteiger partial charge < -0.3 is 5.73 Å². The van der Waals surface area contributed by atoms with Gasteiger partial charge in [0, 0.05) is 12.1 Å². The third-order valence-corrected chi connectivity index (χ3v) is 3.77. The summed E-state index contributed by atoms with van der Waals surface area (Å²) >= 11 is 0. The summed E-state index contributed by atoms with van der Waals surface area (Å²) in [6.45, 7) is 10.7. The molecule has 1 atom stereocenters. The molecule has 0 aliphatic carbocycles. The fourth-order valence-electron chi connectivity index (χ4n) is 2.66. The molecule has 0 spiro atoms. The molecule has 0 radical (unpaired) electrons. The van der Waals surface area contributed by atoms with Gasteiger partial charge in [-0.15, -0.1) is 0 Å². The predicted molar refractivity (Wildman–Crippen MR) is 90.0 cm³/mol. The number of aromatic nitrogens is 2. The van der Waals surface area contributed by atoms with Crippen LogP contribution in [0.3, 0.4) is 0 Å². The Morgan fingerprint density at radius 2 is 1.82 bits per heavy atom. The normalized spacial score (nSPS) is 12.7. The fourth-order valence-corrected chi connectivity index (χ4v) is 2.66. The van der Waals surface area contributed by atoms with Crippen LogP contribution in [0.15, 0.2) is 29.1 Å². The molecule has 22 heavy (non-hydrogen) atoms. The third-order valence-electron chi connectivity index (χ3n) is 3.77. The Balaban J connectivity index is 2.54. The van der Waals surface area contributed by atoms with Gasteiger partial charge >= 0.3 is 0 Å². The molecular weight excluding hydrogens is 274 g/mol. The Labute approximate surface area is 132 Å². The van der Waals surface area contributed by atoms with Crippen LogP contribution in [0.5, 0.6) is 0 Å². The summed E-state index contributed by atoms with van der Waals surface area (Å²) in [4.78, 5) is 12.7. The number of hydrogen-bond donors (Lipinski definition) is 1. The Morgan fingerprint density at radius 1 is 1.14 bits per heavy atom. The second-order valence-electron chi connectivity index (χ2n) is 6.46. The summed E-state index contributed by atoms with van der Waals surface area (Å²) in [7, 11) is 0. The zero-order valence-electron chi connectivity index (χ0n) is 14.1. The molecule has 1 heterocycles. The van der Waals surface area contributed by atoms with Crippen molar-refractivity contribution in [2.24, 2.45) is 11.7 Å².